The van der Waals surface area contributed by atoms with Gasteiger partial charge in [-0.3, -0.25) is 18.9 Å². The molecule has 1 aromatic rings. The van der Waals surface area contributed by atoms with Crippen molar-refractivity contribution in [3.63, 3.8) is 0 Å². The minimum atomic E-state index is -3.55. The van der Waals surface area contributed by atoms with Gasteiger partial charge >= 0.3 is 13.3 Å². The monoisotopic (exact) mass is 562 g/mol. The SMILES string of the molecule is COC1[C@@H](OP(OCCC#N)N(C(C)C)C(C)C)[C@@H](/C=C/P(=O)(OC)OC)O[C@H]1n1ccc(=O)[nH]c1=O. The highest BCUT2D eigenvalue weighted by molar-refractivity contribution is 7.57. The van der Waals surface area contributed by atoms with E-state index in [1.54, 1.807) is 0 Å². The molecule has 0 radical (unpaired) electrons. The summed E-state index contributed by atoms with van der Waals surface area (Å²) in [5.41, 5.74) is -1.25. The van der Waals surface area contributed by atoms with E-state index < -0.39 is 51.9 Å². The summed E-state index contributed by atoms with van der Waals surface area (Å²) >= 11 is 0. The van der Waals surface area contributed by atoms with E-state index >= 15 is 0 Å². The summed E-state index contributed by atoms with van der Waals surface area (Å²) in [4.78, 5) is 26.4. The molecule has 2 heterocycles. The molecule has 1 aliphatic rings. The molecule has 37 heavy (non-hydrogen) atoms. The van der Waals surface area contributed by atoms with E-state index in [0.717, 1.165) is 0 Å². The summed E-state index contributed by atoms with van der Waals surface area (Å²) in [5.74, 6) is 1.25. The van der Waals surface area contributed by atoms with Crippen LogP contribution in [-0.2, 0) is 32.1 Å². The molecule has 1 aromatic heterocycles. The first kappa shape index (κ1) is 31.5. The summed E-state index contributed by atoms with van der Waals surface area (Å²) in [6.45, 7) is 8.14. The molecule has 0 aliphatic carbocycles. The second-order valence-electron chi connectivity index (χ2n) is 8.57. The number of nitrogens with zero attached hydrogens (tertiary/aromatic N) is 3. The average molecular weight is 562 g/mol. The van der Waals surface area contributed by atoms with E-state index in [9.17, 15) is 14.2 Å². The first-order valence-corrected chi connectivity index (χ1v) is 14.4. The Morgan fingerprint density at radius 3 is 2.38 bits per heavy atom. The van der Waals surface area contributed by atoms with Gasteiger partial charge in [0, 0.05) is 51.5 Å². The number of aromatic amines is 1. The number of hydrogen-bond acceptors (Lipinski definition) is 11. The van der Waals surface area contributed by atoms with E-state index in [4.69, 9.17) is 32.8 Å². The first-order valence-electron chi connectivity index (χ1n) is 11.7. The number of rotatable bonds is 14. The van der Waals surface area contributed by atoms with Crippen molar-refractivity contribution >= 4 is 16.1 Å². The normalized spacial score (nSPS) is 23.4. The number of ether oxygens (including phenoxy) is 2. The lowest BCUT2D eigenvalue weighted by Gasteiger charge is -2.38. The van der Waals surface area contributed by atoms with Gasteiger partial charge in [0.1, 0.15) is 18.3 Å². The number of aromatic nitrogens is 2. The van der Waals surface area contributed by atoms with Crippen LogP contribution in [-0.4, -0.2) is 72.6 Å². The van der Waals surface area contributed by atoms with Crippen molar-refractivity contribution < 1.29 is 32.1 Å². The zero-order valence-corrected chi connectivity index (χ0v) is 23.9. The second-order valence-corrected chi connectivity index (χ2v) is 12.1. The van der Waals surface area contributed by atoms with E-state index in [0.29, 0.717) is 0 Å². The maximum atomic E-state index is 12.7. The fourth-order valence-electron chi connectivity index (χ4n) is 3.83. The molecule has 0 amide bonds. The summed E-state index contributed by atoms with van der Waals surface area (Å²) in [7, 11) is -1.32. The van der Waals surface area contributed by atoms with Crippen LogP contribution in [0.15, 0.2) is 33.7 Å². The lowest BCUT2D eigenvalue weighted by atomic mass is 10.1. The number of nitriles is 1. The van der Waals surface area contributed by atoms with E-state index in [1.807, 2.05) is 32.4 Å². The van der Waals surface area contributed by atoms with Crippen LogP contribution in [0.1, 0.15) is 40.3 Å². The van der Waals surface area contributed by atoms with Gasteiger partial charge in [-0.1, -0.05) is 0 Å². The zero-order valence-electron chi connectivity index (χ0n) is 22.1. The van der Waals surface area contributed by atoms with Gasteiger partial charge in [-0.25, -0.2) is 9.46 Å². The van der Waals surface area contributed by atoms with Gasteiger partial charge in [-0.2, -0.15) is 5.26 Å². The van der Waals surface area contributed by atoms with Crippen molar-refractivity contribution in [2.75, 3.05) is 27.9 Å². The van der Waals surface area contributed by atoms with Crippen molar-refractivity contribution in [1.29, 1.82) is 5.26 Å². The summed E-state index contributed by atoms with van der Waals surface area (Å²) < 4.78 is 50.3. The Labute approximate surface area is 217 Å². The largest absolute Gasteiger partial charge is 0.374 e. The molecule has 1 saturated heterocycles. The molecule has 5 atom stereocenters. The van der Waals surface area contributed by atoms with Crippen LogP contribution in [0.4, 0.5) is 0 Å². The molecular formula is C22H36N4O9P2. The summed E-state index contributed by atoms with van der Waals surface area (Å²) in [6, 6.07) is 3.31. The zero-order chi connectivity index (χ0) is 27.8. The summed E-state index contributed by atoms with van der Waals surface area (Å²) in [6.07, 6.45) is -0.617. The molecule has 15 heteroatoms. The van der Waals surface area contributed by atoms with Gasteiger partial charge in [0.2, 0.25) is 0 Å². The molecule has 0 spiro atoms. The Morgan fingerprint density at radius 2 is 1.86 bits per heavy atom. The van der Waals surface area contributed by atoms with Crippen LogP contribution in [0.3, 0.4) is 0 Å². The fourth-order valence-corrected chi connectivity index (χ4v) is 6.35. The number of hydrogen-bond donors (Lipinski definition) is 1. The smallest absolute Gasteiger partial charge is 0.353 e. The molecule has 2 unspecified atom stereocenters. The predicted molar refractivity (Wildman–Crippen MR) is 137 cm³/mol. The van der Waals surface area contributed by atoms with Gasteiger partial charge in [-0.15, -0.1) is 0 Å². The van der Waals surface area contributed by atoms with E-state index in [1.165, 1.54) is 50.1 Å². The predicted octanol–water partition coefficient (Wildman–Crippen LogP) is 3.11. The lowest BCUT2D eigenvalue weighted by Crippen LogP contribution is -2.41. The van der Waals surface area contributed by atoms with Gasteiger partial charge < -0.3 is 27.6 Å². The molecule has 1 aliphatic heterocycles. The Bertz CT molecular complexity index is 1080. The molecule has 0 saturated carbocycles. The van der Waals surface area contributed by atoms with Crippen LogP contribution in [0.5, 0.6) is 0 Å². The van der Waals surface area contributed by atoms with Crippen molar-refractivity contribution in [3.8, 4) is 6.07 Å². The van der Waals surface area contributed by atoms with Gasteiger partial charge in [0.15, 0.2) is 6.23 Å². The Balaban J connectivity index is 2.54. The molecular weight excluding hydrogens is 526 g/mol. The van der Waals surface area contributed by atoms with E-state index in [-0.39, 0.29) is 25.1 Å². The number of H-pyrrole nitrogens is 1. The minimum absolute atomic E-state index is 0.0327. The lowest BCUT2D eigenvalue weighted by molar-refractivity contribution is -0.0482. The average Bonchev–Trinajstić information content (AvgIpc) is 3.18. The quantitative estimate of drug-likeness (QED) is 0.263. The highest BCUT2D eigenvalue weighted by atomic mass is 31.2. The van der Waals surface area contributed by atoms with Gasteiger partial charge in [0.25, 0.3) is 14.1 Å². The first-order chi connectivity index (χ1) is 17.5. The standard InChI is InChI=1S/C22H36N4O9P2/c1-15(2)26(16(3)4)36(33-13-8-11-23)35-19-17(10-14-37(29,31-6)32-7)34-21(20(19)30-5)25-12-9-18(27)24-22(25)28/h9-10,12,14-17,19-21H,8,13H2,1-7H3,(H,24,27,28)/b14-10+/t17-,19+,20?,21-,36?/m1/s1. The van der Waals surface area contributed by atoms with Crippen molar-refractivity contribution in [1.82, 2.24) is 14.2 Å². The van der Waals surface area contributed by atoms with Crippen LogP contribution in [0, 0.1) is 11.3 Å². The van der Waals surface area contributed by atoms with Gasteiger partial charge in [-0.05, 0) is 33.8 Å². The minimum Gasteiger partial charge on any atom is -0.374 e. The second kappa shape index (κ2) is 14.4. The van der Waals surface area contributed by atoms with Crippen molar-refractivity contribution in [3.05, 3.63) is 45.0 Å². The van der Waals surface area contributed by atoms with Crippen molar-refractivity contribution in [2.45, 2.75) is 70.7 Å². The van der Waals surface area contributed by atoms with E-state index in [2.05, 4.69) is 11.1 Å². The Morgan fingerprint density at radius 1 is 1.22 bits per heavy atom. The third kappa shape index (κ3) is 8.14. The molecule has 1 fully saturated rings. The highest BCUT2D eigenvalue weighted by Gasteiger charge is 2.49. The van der Waals surface area contributed by atoms with Crippen molar-refractivity contribution in [2.24, 2.45) is 0 Å². The summed E-state index contributed by atoms with van der Waals surface area (Å²) in [5, 5.41) is 9.01. The fraction of sp³-hybridized carbons (Fsp3) is 0.682. The third-order valence-electron chi connectivity index (χ3n) is 5.46. The highest BCUT2D eigenvalue weighted by Crippen LogP contribution is 2.52. The van der Waals surface area contributed by atoms with Crippen LogP contribution in [0.2, 0.25) is 0 Å². The molecule has 2 rings (SSSR count). The topological polar surface area (TPSA) is 154 Å². The molecule has 208 valence electrons. The van der Waals surface area contributed by atoms with Crippen LogP contribution < -0.4 is 11.2 Å². The molecule has 0 bridgehead atoms. The number of methoxy groups -OCH3 is 1. The maximum absolute atomic E-state index is 12.7. The Hall–Kier alpha value is -1.71. The van der Waals surface area contributed by atoms with Crippen LogP contribution in [0.25, 0.3) is 0 Å². The third-order valence-corrected chi connectivity index (χ3v) is 9.15. The molecule has 1 N–H and O–H groups in total. The molecule has 0 aromatic carbocycles. The maximum Gasteiger partial charge on any atom is 0.353 e. The van der Waals surface area contributed by atoms with Gasteiger partial charge in [0.05, 0.1) is 19.1 Å². The van der Waals surface area contributed by atoms with Crippen LogP contribution >= 0.6 is 16.1 Å². The Kier molecular flexibility index (Phi) is 12.3. The molecule has 13 nitrogen and oxygen atoms in total. The number of nitrogens with one attached hydrogen (secondary N) is 1.